The summed E-state index contributed by atoms with van der Waals surface area (Å²) >= 11 is 0. The molecule has 0 aliphatic heterocycles. The Morgan fingerprint density at radius 3 is 2.33 bits per heavy atom. The zero-order valence-electron chi connectivity index (χ0n) is 12.5. The van der Waals surface area contributed by atoms with E-state index < -0.39 is 5.54 Å². The summed E-state index contributed by atoms with van der Waals surface area (Å²) in [4.78, 5) is 11.5. The lowest BCUT2D eigenvalue weighted by Crippen LogP contribution is -2.45. The molecule has 0 unspecified atom stereocenters. The summed E-state index contributed by atoms with van der Waals surface area (Å²) in [6, 6.07) is 17.1. The van der Waals surface area contributed by atoms with E-state index in [4.69, 9.17) is 4.74 Å². The van der Waals surface area contributed by atoms with Crippen LogP contribution in [0.3, 0.4) is 0 Å². The lowest BCUT2D eigenvalue weighted by Gasteiger charge is -2.27. The molecule has 0 heterocycles. The molecular weight excluding hydrogens is 264 g/mol. The fourth-order valence-electron chi connectivity index (χ4n) is 1.99. The minimum atomic E-state index is -0.490. The zero-order chi connectivity index (χ0) is 15.3. The van der Waals surface area contributed by atoms with E-state index in [0.29, 0.717) is 0 Å². The molecule has 0 atom stereocenters. The highest BCUT2D eigenvalue weighted by molar-refractivity contribution is 5.74. The van der Waals surface area contributed by atoms with Crippen LogP contribution in [0.2, 0.25) is 0 Å². The van der Waals surface area contributed by atoms with Crippen LogP contribution in [-0.2, 0) is 5.54 Å². The Morgan fingerprint density at radius 2 is 1.67 bits per heavy atom. The van der Waals surface area contributed by atoms with Crippen LogP contribution in [-0.4, -0.2) is 13.1 Å². The molecule has 2 aromatic carbocycles. The molecule has 0 bridgehead atoms. The average Bonchev–Trinajstić information content (AvgIpc) is 2.48. The second-order valence-corrected chi connectivity index (χ2v) is 5.27. The number of benzene rings is 2. The van der Waals surface area contributed by atoms with Crippen molar-refractivity contribution in [1.82, 2.24) is 10.6 Å². The van der Waals surface area contributed by atoms with Gasteiger partial charge in [-0.2, -0.15) is 0 Å². The van der Waals surface area contributed by atoms with E-state index in [9.17, 15) is 4.79 Å². The van der Waals surface area contributed by atoms with Gasteiger partial charge in [0.05, 0.1) is 5.54 Å². The molecule has 2 amide bonds. The Morgan fingerprint density at radius 1 is 1.00 bits per heavy atom. The summed E-state index contributed by atoms with van der Waals surface area (Å²) in [6.07, 6.45) is 0. The summed E-state index contributed by atoms with van der Waals surface area (Å²) in [7, 11) is 1.60. The first-order chi connectivity index (χ1) is 10.0. The van der Waals surface area contributed by atoms with E-state index in [1.807, 2.05) is 68.4 Å². The molecule has 0 fully saturated rings. The molecule has 21 heavy (non-hydrogen) atoms. The first kappa shape index (κ1) is 14.9. The van der Waals surface area contributed by atoms with Gasteiger partial charge in [0.15, 0.2) is 0 Å². The maximum atomic E-state index is 11.5. The van der Waals surface area contributed by atoms with Crippen LogP contribution in [0.1, 0.15) is 19.4 Å². The standard InChI is InChI=1S/C17H20N2O2/c1-17(2,19-16(20)18-3)13-8-7-11-15(12-13)21-14-9-5-4-6-10-14/h4-12H,1-3H3,(H2,18,19,20). The Bertz CT molecular complexity index is 609. The topological polar surface area (TPSA) is 50.4 Å². The molecule has 0 aromatic heterocycles. The van der Waals surface area contributed by atoms with E-state index in [1.54, 1.807) is 7.05 Å². The van der Waals surface area contributed by atoms with Gasteiger partial charge in [-0.15, -0.1) is 0 Å². The molecule has 110 valence electrons. The highest BCUT2D eigenvalue weighted by Gasteiger charge is 2.22. The fourth-order valence-corrected chi connectivity index (χ4v) is 1.99. The molecule has 4 nitrogen and oxygen atoms in total. The molecule has 2 N–H and O–H groups in total. The van der Waals surface area contributed by atoms with Crippen LogP contribution in [0.25, 0.3) is 0 Å². The molecule has 0 aliphatic carbocycles. The molecule has 0 saturated carbocycles. The van der Waals surface area contributed by atoms with E-state index in [2.05, 4.69) is 10.6 Å². The number of hydrogen-bond donors (Lipinski definition) is 2. The summed E-state index contributed by atoms with van der Waals surface area (Å²) < 4.78 is 5.82. The molecule has 2 rings (SSSR count). The molecule has 4 heteroatoms. The lowest BCUT2D eigenvalue weighted by atomic mass is 9.94. The number of nitrogens with one attached hydrogen (secondary N) is 2. The number of amides is 2. The van der Waals surface area contributed by atoms with Gasteiger partial charge in [-0.1, -0.05) is 30.3 Å². The van der Waals surface area contributed by atoms with E-state index in [-0.39, 0.29) is 6.03 Å². The van der Waals surface area contributed by atoms with Crippen molar-refractivity contribution in [3.8, 4) is 11.5 Å². The van der Waals surface area contributed by atoms with Crippen LogP contribution in [0, 0.1) is 0 Å². The maximum Gasteiger partial charge on any atom is 0.315 e. The maximum absolute atomic E-state index is 11.5. The highest BCUT2D eigenvalue weighted by atomic mass is 16.5. The first-order valence-electron chi connectivity index (χ1n) is 6.84. The Hall–Kier alpha value is -2.49. The fraction of sp³-hybridized carbons (Fsp3) is 0.235. The van der Waals surface area contributed by atoms with Gasteiger partial charge in [0.2, 0.25) is 0 Å². The minimum Gasteiger partial charge on any atom is -0.457 e. The second kappa shape index (κ2) is 6.31. The predicted octanol–water partition coefficient (Wildman–Crippen LogP) is 3.64. The summed E-state index contributed by atoms with van der Waals surface area (Å²) in [5.74, 6) is 1.53. The quantitative estimate of drug-likeness (QED) is 0.900. The van der Waals surface area contributed by atoms with Crippen molar-refractivity contribution in [2.75, 3.05) is 7.05 Å². The Kier molecular flexibility index (Phi) is 4.48. The van der Waals surface area contributed by atoms with Gasteiger partial charge < -0.3 is 15.4 Å². The Labute approximate surface area is 125 Å². The van der Waals surface area contributed by atoms with Crippen molar-refractivity contribution in [2.24, 2.45) is 0 Å². The monoisotopic (exact) mass is 284 g/mol. The van der Waals surface area contributed by atoms with Crippen LogP contribution in [0.15, 0.2) is 54.6 Å². The van der Waals surface area contributed by atoms with Gasteiger partial charge in [0, 0.05) is 7.05 Å². The molecule has 0 radical (unpaired) electrons. The van der Waals surface area contributed by atoms with Crippen molar-refractivity contribution >= 4 is 6.03 Å². The number of carbonyl (C=O) groups is 1. The molecule has 0 saturated heterocycles. The lowest BCUT2D eigenvalue weighted by molar-refractivity contribution is 0.232. The van der Waals surface area contributed by atoms with Crippen LogP contribution in [0.4, 0.5) is 4.79 Å². The minimum absolute atomic E-state index is 0.214. The third-order valence-corrected chi connectivity index (χ3v) is 3.19. The molecule has 0 aliphatic rings. The number of rotatable bonds is 4. The first-order valence-corrected chi connectivity index (χ1v) is 6.84. The number of urea groups is 1. The summed E-state index contributed by atoms with van der Waals surface area (Å²) in [5, 5.41) is 5.47. The average molecular weight is 284 g/mol. The SMILES string of the molecule is CNC(=O)NC(C)(C)c1cccc(Oc2ccccc2)c1. The van der Waals surface area contributed by atoms with Gasteiger partial charge in [-0.25, -0.2) is 4.79 Å². The van der Waals surface area contributed by atoms with E-state index in [0.717, 1.165) is 17.1 Å². The van der Waals surface area contributed by atoms with Crippen molar-refractivity contribution < 1.29 is 9.53 Å². The van der Waals surface area contributed by atoms with Crippen molar-refractivity contribution in [1.29, 1.82) is 0 Å². The van der Waals surface area contributed by atoms with Crippen LogP contribution in [0.5, 0.6) is 11.5 Å². The molecular formula is C17H20N2O2. The van der Waals surface area contributed by atoms with Crippen molar-refractivity contribution in [2.45, 2.75) is 19.4 Å². The largest absolute Gasteiger partial charge is 0.457 e. The van der Waals surface area contributed by atoms with Gasteiger partial charge in [-0.05, 0) is 43.7 Å². The van der Waals surface area contributed by atoms with Crippen molar-refractivity contribution in [3.05, 3.63) is 60.2 Å². The zero-order valence-corrected chi connectivity index (χ0v) is 12.5. The third kappa shape index (κ3) is 3.99. The van der Waals surface area contributed by atoms with Gasteiger partial charge in [0.25, 0.3) is 0 Å². The van der Waals surface area contributed by atoms with Crippen LogP contribution < -0.4 is 15.4 Å². The normalized spacial score (nSPS) is 10.8. The summed E-state index contributed by atoms with van der Waals surface area (Å²) in [6.45, 7) is 3.90. The summed E-state index contributed by atoms with van der Waals surface area (Å²) in [5.41, 5.74) is 0.482. The van der Waals surface area contributed by atoms with Gasteiger partial charge in [-0.3, -0.25) is 0 Å². The smallest absolute Gasteiger partial charge is 0.315 e. The predicted molar refractivity (Wildman–Crippen MR) is 83.6 cm³/mol. The van der Waals surface area contributed by atoms with Crippen LogP contribution >= 0.6 is 0 Å². The van der Waals surface area contributed by atoms with Gasteiger partial charge >= 0.3 is 6.03 Å². The third-order valence-electron chi connectivity index (χ3n) is 3.19. The second-order valence-electron chi connectivity index (χ2n) is 5.27. The highest BCUT2D eigenvalue weighted by Crippen LogP contribution is 2.27. The van der Waals surface area contributed by atoms with E-state index >= 15 is 0 Å². The molecule has 2 aromatic rings. The number of carbonyl (C=O) groups excluding carboxylic acids is 1. The Balaban J connectivity index is 2.19. The number of para-hydroxylation sites is 1. The van der Waals surface area contributed by atoms with E-state index in [1.165, 1.54) is 0 Å². The van der Waals surface area contributed by atoms with Crippen molar-refractivity contribution in [3.63, 3.8) is 0 Å². The van der Waals surface area contributed by atoms with Gasteiger partial charge in [0.1, 0.15) is 11.5 Å². The number of ether oxygens (including phenoxy) is 1. The number of hydrogen-bond acceptors (Lipinski definition) is 2. The molecule has 0 spiro atoms.